The van der Waals surface area contributed by atoms with Gasteiger partial charge in [0.05, 0.1) is 23.8 Å². The van der Waals surface area contributed by atoms with E-state index < -0.39 is 16.9 Å². The Morgan fingerprint density at radius 3 is 2.27 bits per heavy atom. The first kappa shape index (κ1) is 22.1. The van der Waals surface area contributed by atoms with Gasteiger partial charge in [0.25, 0.3) is 0 Å². The fourth-order valence-electron chi connectivity index (χ4n) is 4.94. The summed E-state index contributed by atoms with van der Waals surface area (Å²) >= 11 is 0. The molecule has 0 aliphatic carbocycles. The monoisotopic (exact) mass is 368 g/mol. The lowest BCUT2D eigenvalue weighted by Crippen LogP contribution is -2.70. The minimum atomic E-state index is -0.594. The van der Waals surface area contributed by atoms with Crippen molar-refractivity contribution in [2.45, 2.75) is 129 Å². The zero-order chi connectivity index (χ0) is 19.4. The highest BCUT2D eigenvalue weighted by Gasteiger charge is 2.63. The molecule has 0 bridgehead atoms. The average Bonchev–Trinajstić information content (AvgIpc) is 3.05. The molecule has 2 aliphatic heterocycles. The molecule has 4 nitrogen and oxygen atoms in total. The molecule has 4 heteroatoms. The van der Waals surface area contributed by atoms with Gasteiger partial charge in [-0.25, -0.2) is 0 Å². The van der Waals surface area contributed by atoms with Gasteiger partial charge in [-0.05, 0) is 33.1 Å². The van der Waals surface area contributed by atoms with Crippen LogP contribution in [0, 0.1) is 5.92 Å². The van der Waals surface area contributed by atoms with Crippen LogP contribution in [0.25, 0.3) is 0 Å². The zero-order valence-corrected chi connectivity index (χ0v) is 18.1. The van der Waals surface area contributed by atoms with Crippen LogP contribution in [0.1, 0.15) is 106 Å². The van der Waals surface area contributed by atoms with Gasteiger partial charge < -0.3 is 9.47 Å². The van der Waals surface area contributed by atoms with Crippen LogP contribution in [-0.4, -0.2) is 34.6 Å². The van der Waals surface area contributed by atoms with Gasteiger partial charge in [0.2, 0.25) is 0 Å². The third-order valence-electron chi connectivity index (χ3n) is 7.41. The van der Waals surface area contributed by atoms with Crippen molar-refractivity contribution in [2.24, 2.45) is 5.92 Å². The highest BCUT2D eigenvalue weighted by Crippen LogP contribution is 2.53. The van der Waals surface area contributed by atoms with Gasteiger partial charge in [0.15, 0.2) is 5.79 Å². The average molecular weight is 369 g/mol. The molecule has 0 aromatic rings. The first-order valence-electron chi connectivity index (χ1n) is 11.1. The lowest BCUT2D eigenvalue weighted by Gasteiger charge is -2.59. The van der Waals surface area contributed by atoms with Crippen molar-refractivity contribution in [3.63, 3.8) is 0 Å². The molecule has 0 saturated carbocycles. The Bertz CT molecular complexity index is 445. The Labute approximate surface area is 161 Å². The summed E-state index contributed by atoms with van der Waals surface area (Å²) < 4.78 is 12.9. The Balaban J connectivity index is 2.00. The van der Waals surface area contributed by atoms with Crippen LogP contribution in [-0.2, 0) is 14.7 Å². The Kier molecular flexibility index (Phi) is 7.57. The maximum absolute atomic E-state index is 13.2. The number of hydroxylamine groups is 2. The number of rotatable bonds is 9. The smallest absolute Gasteiger partial charge is 0.175 e. The second-order valence-electron chi connectivity index (χ2n) is 9.17. The van der Waals surface area contributed by atoms with E-state index in [1.807, 2.05) is 0 Å². The van der Waals surface area contributed by atoms with E-state index in [2.05, 4.69) is 41.5 Å². The summed E-state index contributed by atoms with van der Waals surface area (Å²) in [5.74, 6) is -0.532. The second-order valence-corrected chi connectivity index (χ2v) is 9.17. The van der Waals surface area contributed by atoms with Gasteiger partial charge in [-0.1, -0.05) is 66.2 Å². The van der Waals surface area contributed by atoms with Gasteiger partial charge in [-0.3, -0.25) is 0 Å². The summed E-state index contributed by atoms with van der Waals surface area (Å²) in [6.45, 7) is 13.5. The van der Waals surface area contributed by atoms with E-state index in [0.29, 0.717) is 13.0 Å². The number of ether oxygens (including phenoxy) is 2. The van der Waals surface area contributed by atoms with E-state index in [9.17, 15) is 5.21 Å². The fraction of sp³-hybridized carbons (Fsp3) is 1.00. The summed E-state index contributed by atoms with van der Waals surface area (Å²) in [5, 5.41) is 14.5. The van der Waals surface area contributed by atoms with Crippen molar-refractivity contribution in [1.29, 1.82) is 0 Å². The van der Waals surface area contributed by atoms with Crippen molar-refractivity contribution < 1.29 is 14.7 Å². The van der Waals surface area contributed by atoms with E-state index in [1.165, 1.54) is 43.6 Å². The molecule has 2 aliphatic rings. The summed E-state index contributed by atoms with van der Waals surface area (Å²) in [4.78, 5) is 0. The maximum Gasteiger partial charge on any atom is 0.175 e. The molecule has 0 N–H and O–H groups in total. The normalized spacial score (nSPS) is 41.2. The van der Waals surface area contributed by atoms with Crippen LogP contribution in [0.4, 0.5) is 0 Å². The standard InChI is InChI=1S/C22H42NO3/c1-7-10-11-12-13-14-15-19-16-25-22(26-19)17-20(5,8-2)23(24)21(6,9-3)18(22)4/h18-19H,7-17H2,1-6H3. The SMILES string of the molecule is CCCCCCCCC1COC2(CC(C)(CC)N([O])C(C)(CC)C2C)O1. The first-order valence-corrected chi connectivity index (χ1v) is 11.1. The van der Waals surface area contributed by atoms with Gasteiger partial charge in [-0.15, -0.1) is 10.3 Å². The van der Waals surface area contributed by atoms with E-state index in [1.54, 1.807) is 0 Å². The van der Waals surface area contributed by atoms with Crippen molar-refractivity contribution >= 4 is 0 Å². The molecule has 1 radical (unpaired) electrons. The van der Waals surface area contributed by atoms with E-state index >= 15 is 0 Å². The Hall–Kier alpha value is -0.160. The predicted molar refractivity (Wildman–Crippen MR) is 105 cm³/mol. The molecule has 1 spiro atoms. The molecule has 0 aromatic heterocycles. The molecule has 5 atom stereocenters. The fourth-order valence-corrected chi connectivity index (χ4v) is 4.94. The number of nitrogens with zero attached hydrogens (tertiary/aromatic N) is 1. The van der Waals surface area contributed by atoms with Gasteiger partial charge >= 0.3 is 0 Å². The van der Waals surface area contributed by atoms with Gasteiger partial charge in [-0.2, -0.15) is 0 Å². The number of hydrogen-bond acceptors (Lipinski definition) is 3. The Morgan fingerprint density at radius 2 is 1.65 bits per heavy atom. The van der Waals surface area contributed by atoms with Crippen molar-refractivity contribution in [1.82, 2.24) is 5.06 Å². The third-order valence-corrected chi connectivity index (χ3v) is 7.41. The number of unbranched alkanes of at least 4 members (excludes halogenated alkanes) is 5. The molecule has 2 heterocycles. The van der Waals surface area contributed by atoms with E-state index in [-0.39, 0.29) is 12.0 Å². The van der Waals surface area contributed by atoms with Gasteiger partial charge in [0.1, 0.15) is 0 Å². The molecule has 2 rings (SSSR count). The minimum Gasteiger partial charge on any atom is -0.347 e. The van der Waals surface area contributed by atoms with Crippen LogP contribution < -0.4 is 0 Å². The number of hydrogen-bond donors (Lipinski definition) is 0. The first-order chi connectivity index (χ1) is 12.3. The van der Waals surface area contributed by atoms with E-state index in [4.69, 9.17) is 9.47 Å². The molecule has 0 aromatic carbocycles. The summed E-state index contributed by atoms with van der Waals surface area (Å²) in [5.41, 5.74) is -0.871. The van der Waals surface area contributed by atoms with Crippen LogP contribution in [0.5, 0.6) is 0 Å². The largest absolute Gasteiger partial charge is 0.347 e. The summed E-state index contributed by atoms with van der Waals surface area (Å²) in [6, 6.07) is 0. The van der Waals surface area contributed by atoms with Crippen LogP contribution in [0.15, 0.2) is 0 Å². The zero-order valence-electron chi connectivity index (χ0n) is 18.1. The molecule has 5 unspecified atom stereocenters. The van der Waals surface area contributed by atoms with Crippen LogP contribution >= 0.6 is 0 Å². The lowest BCUT2D eigenvalue weighted by molar-refractivity contribution is -0.374. The maximum atomic E-state index is 13.2. The van der Waals surface area contributed by atoms with Crippen LogP contribution in [0.3, 0.4) is 0 Å². The molecule has 2 saturated heterocycles. The quantitative estimate of drug-likeness (QED) is 0.478. The third kappa shape index (κ3) is 4.14. The van der Waals surface area contributed by atoms with Crippen molar-refractivity contribution in [2.75, 3.05) is 6.61 Å². The topological polar surface area (TPSA) is 41.6 Å². The molecule has 153 valence electrons. The van der Waals surface area contributed by atoms with Crippen molar-refractivity contribution in [3.05, 3.63) is 0 Å². The second kappa shape index (κ2) is 8.89. The molecule has 2 fully saturated rings. The predicted octanol–water partition coefficient (Wildman–Crippen LogP) is 5.87. The Morgan fingerprint density at radius 1 is 1.00 bits per heavy atom. The highest BCUT2D eigenvalue weighted by molar-refractivity contribution is 5.08. The lowest BCUT2D eigenvalue weighted by atomic mass is 9.67. The number of piperidine rings is 1. The van der Waals surface area contributed by atoms with Crippen molar-refractivity contribution in [3.8, 4) is 0 Å². The molecule has 0 amide bonds. The van der Waals surface area contributed by atoms with E-state index in [0.717, 1.165) is 19.3 Å². The minimum absolute atomic E-state index is 0.0617. The molecular formula is C22H42NO3. The van der Waals surface area contributed by atoms with Crippen LogP contribution in [0.2, 0.25) is 0 Å². The van der Waals surface area contributed by atoms with Gasteiger partial charge in [0, 0.05) is 12.3 Å². The molecule has 26 heavy (non-hydrogen) atoms. The highest BCUT2D eigenvalue weighted by atomic mass is 16.7. The summed E-state index contributed by atoms with van der Waals surface area (Å²) in [6.07, 6.45) is 11.4. The molecular weight excluding hydrogens is 326 g/mol. The summed E-state index contributed by atoms with van der Waals surface area (Å²) in [7, 11) is 0.